The second kappa shape index (κ2) is 5.62. The maximum atomic E-state index is 13.2. The molecule has 5 heteroatoms. The molecule has 128 valence electrons. The fourth-order valence-corrected chi connectivity index (χ4v) is 3.69. The van der Waals surface area contributed by atoms with Gasteiger partial charge in [0.2, 0.25) is 5.91 Å². The molecular formula is C20H19NO4. The summed E-state index contributed by atoms with van der Waals surface area (Å²) in [5.74, 6) is -1.32. The molecule has 0 fully saturated rings. The van der Waals surface area contributed by atoms with Gasteiger partial charge in [0.15, 0.2) is 0 Å². The summed E-state index contributed by atoms with van der Waals surface area (Å²) < 4.78 is 5.73. The van der Waals surface area contributed by atoms with Crippen molar-refractivity contribution in [3.63, 3.8) is 0 Å². The number of fused-ring (bicyclic) bond motifs is 2. The Hall–Kier alpha value is -2.82. The van der Waals surface area contributed by atoms with Crippen LogP contribution in [-0.2, 0) is 9.59 Å². The Kier molecular flexibility index (Phi) is 3.53. The number of carbonyl (C=O) groups excluding carboxylic acids is 1. The molecule has 2 atom stereocenters. The van der Waals surface area contributed by atoms with Gasteiger partial charge in [0.25, 0.3) is 0 Å². The first-order valence-corrected chi connectivity index (χ1v) is 8.34. The largest absolute Gasteiger partial charge is 0.492 e. The molecule has 25 heavy (non-hydrogen) atoms. The average molecular weight is 337 g/mol. The molecule has 2 unspecified atom stereocenters. The third kappa shape index (κ3) is 2.38. The van der Waals surface area contributed by atoms with Crippen molar-refractivity contribution in [3.8, 4) is 5.75 Å². The van der Waals surface area contributed by atoms with E-state index in [-0.39, 0.29) is 12.5 Å². The van der Waals surface area contributed by atoms with E-state index < -0.39 is 17.8 Å². The van der Waals surface area contributed by atoms with Crippen LogP contribution >= 0.6 is 0 Å². The van der Waals surface area contributed by atoms with Crippen molar-refractivity contribution in [2.45, 2.75) is 25.7 Å². The molecule has 2 aliphatic rings. The quantitative estimate of drug-likeness (QED) is 0.915. The highest BCUT2D eigenvalue weighted by Crippen LogP contribution is 2.41. The minimum absolute atomic E-state index is 0.0989. The molecule has 0 aromatic heterocycles. The first kappa shape index (κ1) is 15.7. The third-order valence-electron chi connectivity index (χ3n) is 5.24. The van der Waals surface area contributed by atoms with Gasteiger partial charge in [-0.1, -0.05) is 24.3 Å². The van der Waals surface area contributed by atoms with Crippen LogP contribution in [-0.4, -0.2) is 30.1 Å². The van der Waals surface area contributed by atoms with Crippen molar-refractivity contribution in [2.75, 3.05) is 18.1 Å². The van der Waals surface area contributed by atoms with Crippen LogP contribution in [0.2, 0.25) is 0 Å². The van der Waals surface area contributed by atoms with Gasteiger partial charge in [0, 0.05) is 17.8 Å². The van der Waals surface area contributed by atoms with Crippen LogP contribution in [0.25, 0.3) is 0 Å². The number of aryl methyl sites for hydroxylation is 2. The zero-order chi connectivity index (χ0) is 17.7. The Morgan fingerprint density at radius 1 is 1.08 bits per heavy atom. The summed E-state index contributed by atoms with van der Waals surface area (Å²) in [6.45, 7) is 4.50. The van der Waals surface area contributed by atoms with E-state index in [1.54, 1.807) is 11.0 Å². The van der Waals surface area contributed by atoms with Crippen molar-refractivity contribution < 1.29 is 19.4 Å². The standard InChI is InChI=1S/C20H19NO4/c1-11-7-14-16(10-25-18(14)8-12(11)2)19(22)21-9-15(20(23)24)13-5-3-4-6-17(13)21/h3-8,15-16H,9-10H2,1-2H3,(H,23,24). The number of hydrogen-bond acceptors (Lipinski definition) is 3. The number of nitrogens with zero attached hydrogens (tertiary/aromatic N) is 1. The summed E-state index contributed by atoms with van der Waals surface area (Å²) in [4.78, 5) is 26.4. The SMILES string of the molecule is Cc1cc2c(cc1C)C(C(=O)N1CC(C(=O)O)c3ccccc31)CO2. The molecule has 0 saturated heterocycles. The maximum absolute atomic E-state index is 13.2. The van der Waals surface area contributed by atoms with Crippen LogP contribution in [0, 0.1) is 13.8 Å². The number of para-hydroxylation sites is 1. The fourth-order valence-electron chi connectivity index (χ4n) is 3.69. The predicted molar refractivity (Wildman–Crippen MR) is 93.3 cm³/mol. The molecule has 4 rings (SSSR count). The van der Waals surface area contributed by atoms with Gasteiger partial charge in [0.1, 0.15) is 24.2 Å². The van der Waals surface area contributed by atoms with Crippen LogP contribution < -0.4 is 9.64 Å². The highest BCUT2D eigenvalue weighted by Gasteiger charge is 2.41. The second-order valence-corrected chi connectivity index (χ2v) is 6.74. The lowest BCUT2D eigenvalue weighted by Crippen LogP contribution is -2.35. The molecule has 2 heterocycles. The molecule has 0 aliphatic carbocycles. The Bertz CT molecular complexity index is 889. The minimum Gasteiger partial charge on any atom is -0.492 e. The summed E-state index contributed by atoms with van der Waals surface area (Å²) in [5, 5.41) is 9.49. The smallest absolute Gasteiger partial charge is 0.312 e. The summed E-state index contributed by atoms with van der Waals surface area (Å²) >= 11 is 0. The Morgan fingerprint density at radius 3 is 2.56 bits per heavy atom. The van der Waals surface area contributed by atoms with E-state index in [4.69, 9.17) is 4.74 Å². The molecule has 2 aromatic rings. The van der Waals surface area contributed by atoms with Gasteiger partial charge in [-0.15, -0.1) is 0 Å². The van der Waals surface area contributed by atoms with Crippen molar-refractivity contribution in [2.24, 2.45) is 0 Å². The zero-order valence-electron chi connectivity index (χ0n) is 14.2. The van der Waals surface area contributed by atoms with E-state index in [0.29, 0.717) is 17.9 Å². The van der Waals surface area contributed by atoms with Crippen LogP contribution in [0.4, 0.5) is 5.69 Å². The normalized spacial score (nSPS) is 20.8. The van der Waals surface area contributed by atoms with E-state index in [0.717, 1.165) is 22.4 Å². The number of ether oxygens (including phenoxy) is 1. The summed E-state index contributed by atoms with van der Waals surface area (Å²) in [6.07, 6.45) is 0. The van der Waals surface area contributed by atoms with E-state index in [9.17, 15) is 14.7 Å². The Balaban J connectivity index is 1.70. The molecule has 5 nitrogen and oxygen atoms in total. The number of carbonyl (C=O) groups is 2. The molecule has 0 spiro atoms. The first-order valence-electron chi connectivity index (χ1n) is 8.34. The van der Waals surface area contributed by atoms with Crippen LogP contribution in [0.3, 0.4) is 0 Å². The Morgan fingerprint density at radius 2 is 1.80 bits per heavy atom. The highest BCUT2D eigenvalue weighted by molar-refractivity contribution is 6.03. The molecule has 2 aliphatic heterocycles. The molecule has 1 amide bonds. The topological polar surface area (TPSA) is 66.8 Å². The summed E-state index contributed by atoms with van der Waals surface area (Å²) in [5.41, 5.74) is 4.53. The van der Waals surface area contributed by atoms with Gasteiger partial charge in [-0.25, -0.2) is 0 Å². The average Bonchev–Trinajstić information content (AvgIpc) is 3.16. The van der Waals surface area contributed by atoms with Gasteiger partial charge in [-0.05, 0) is 42.7 Å². The van der Waals surface area contributed by atoms with Crippen molar-refractivity contribution in [3.05, 3.63) is 58.7 Å². The number of anilines is 1. The lowest BCUT2D eigenvalue weighted by molar-refractivity contribution is -0.138. The molecule has 0 bridgehead atoms. The van der Waals surface area contributed by atoms with Crippen molar-refractivity contribution >= 4 is 17.6 Å². The lowest BCUT2D eigenvalue weighted by atomic mass is 9.96. The van der Waals surface area contributed by atoms with Crippen LogP contribution in [0.5, 0.6) is 5.75 Å². The lowest BCUT2D eigenvalue weighted by Gasteiger charge is -2.21. The van der Waals surface area contributed by atoms with Crippen molar-refractivity contribution in [1.82, 2.24) is 0 Å². The number of rotatable bonds is 2. The maximum Gasteiger partial charge on any atom is 0.312 e. The highest BCUT2D eigenvalue weighted by atomic mass is 16.5. The van der Waals surface area contributed by atoms with E-state index in [1.165, 1.54) is 0 Å². The number of hydrogen-bond donors (Lipinski definition) is 1. The van der Waals surface area contributed by atoms with Crippen LogP contribution in [0.15, 0.2) is 36.4 Å². The van der Waals surface area contributed by atoms with E-state index in [2.05, 4.69) is 0 Å². The predicted octanol–water partition coefficient (Wildman–Crippen LogP) is 2.99. The van der Waals surface area contributed by atoms with Gasteiger partial charge in [-0.2, -0.15) is 0 Å². The van der Waals surface area contributed by atoms with E-state index >= 15 is 0 Å². The van der Waals surface area contributed by atoms with E-state index in [1.807, 2.05) is 44.2 Å². The Labute approximate surface area is 145 Å². The molecule has 2 aromatic carbocycles. The molecule has 0 radical (unpaired) electrons. The number of aliphatic carboxylic acids is 1. The van der Waals surface area contributed by atoms with Gasteiger partial charge in [0.05, 0.1) is 0 Å². The minimum atomic E-state index is -0.905. The van der Waals surface area contributed by atoms with Gasteiger partial charge < -0.3 is 14.7 Å². The van der Waals surface area contributed by atoms with Gasteiger partial charge in [-0.3, -0.25) is 9.59 Å². The number of carboxylic acids is 1. The second-order valence-electron chi connectivity index (χ2n) is 6.74. The monoisotopic (exact) mass is 337 g/mol. The van der Waals surface area contributed by atoms with Gasteiger partial charge >= 0.3 is 5.97 Å². The number of carboxylic acid groups (broad SMARTS) is 1. The fraction of sp³-hybridized carbons (Fsp3) is 0.300. The van der Waals surface area contributed by atoms with Crippen molar-refractivity contribution in [1.29, 1.82) is 0 Å². The molecule has 0 saturated carbocycles. The number of amides is 1. The number of benzene rings is 2. The summed E-state index contributed by atoms with van der Waals surface area (Å²) in [6, 6.07) is 11.2. The van der Waals surface area contributed by atoms with Crippen LogP contribution in [0.1, 0.15) is 34.1 Å². The molecular weight excluding hydrogens is 318 g/mol. The summed E-state index contributed by atoms with van der Waals surface area (Å²) in [7, 11) is 0. The molecule has 1 N–H and O–H groups in total. The third-order valence-corrected chi connectivity index (χ3v) is 5.24. The zero-order valence-corrected chi connectivity index (χ0v) is 14.2. The first-order chi connectivity index (χ1) is 12.0.